The molecule has 0 unspecified atom stereocenters. The Morgan fingerprint density at radius 1 is 0.952 bits per heavy atom. The molecule has 0 N–H and O–H groups in total. The van der Waals surface area contributed by atoms with Crippen LogP contribution in [0.4, 0.5) is 0 Å². The molecule has 1 aromatic carbocycles. The van der Waals surface area contributed by atoms with E-state index in [2.05, 4.69) is 0 Å². The van der Waals surface area contributed by atoms with Gasteiger partial charge < -0.3 is 9.47 Å². The van der Waals surface area contributed by atoms with Crippen molar-refractivity contribution in [3.8, 4) is 5.75 Å². The van der Waals surface area contributed by atoms with Gasteiger partial charge in [-0.15, -0.1) is 11.3 Å². The predicted molar refractivity (Wildman–Crippen MR) is 80.8 cm³/mol. The Bertz CT molecular complexity index is 563. The molecule has 110 valence electrons. The summed E-state index contributed by atoms with van der Waals surface area (Å²) in [5.74, 6) is 0.334. The van der Waals surface area contributed by atoms with E-state index >= 15 is 0 Å². The van der Waals surface area contributed by atoms with E-state index in [1.807, 2.05) is 41.8 Å². The quantitative estimate of drug-likeness (QED) is 0.426. The fourth-order valence-electron chi connectivity index (χ4n) is 1.68. The molecule has 4 nitrogen and oxygen atoms in total. The van der Waals surface area contributed by atoms with Gasteiger partial charge in [-0.2, -0.15) is 0 Å². The summed E-state index contributed by atoms with van der Waals surface area (Å²) in [4.78, 5) is 23.9. The number of Topliss-reactive ketones (excluding diaryl/α,β-unsaturated/α-hetero) is 1. The summed E-state index contributed by atoms with van der Waals surface area (Å²) in [6.45, 7) is 0.482. The number of thiophene rings is 1. The molecule has 0 spiro atoms. The molecule has 5 heteroatoms. The molecule has 0 saturated carbocycles. The molecule has 2 aromatic rings. The number of carbonyl (C=O) groups is 2. The Balaban J connectivity index is 1.59. The molecule has 0 fully saturated rings. The standard InChI is InChI=1S/C16H16O4S/c17-14(15-7-4-12-21-15)8-9-16(18)20-11-10-19-13-5-2-1-3-6-13/h1-7,12H,8-11H2. The van der Waals surface area contributed by atoms with Crippen LogP contribution in [0.2, 0.25) is 0 Å². The maximum atomic E-state index is 11.7. The first-order valence-electron chi connectivity index (χ1n) is 6.66. The number of benzene rings is 1. The van der Waals surface area contributed by atoms with Crippen LogP contribution in [0.1, 0.15) is 22.5 Å². The number of esters is 1. The number of carbonyl (C=O) groups excluding carboxylic acids is 2. The number of ether oxygens (including phenoxy) is 2. The van der Waals surface area contributed by atoms with E-state index in [0.717, 1.165) is 5.75 Å². The Morgan fingerprint density at radius 2 is 1.76 bits per heavy atom. The van der Waals surface area contributed by atoms with Crippen molar-refractivity contribution in [2.75, 3.05) is 13.2 Å². The summed E-state index contributed by atoms with van der Waals surface area (Å²) in [5, 5.41) is 1.84. The van der Waals surface area contributed by atoms with Gasteiger partial charge in [0.2, 0.25) is 0 Å². The SMILES string of the molecule is O=C(CCC(=O)c1cccs1)OCCOc1ccccc1. The van der Waals surface area contributed by atoms with Crippen LogP contribution in [-0.2, 0) is 9.53 Å². The van der Waals surface area contributed by atoms with Crippen LogP contribution in [0.15, 0.2) is 47.8 Å². The van der Waals surface area contributed by atoms with Crippen molar-refractivity contribution >= 4 is 23.1 Å². The van der Waals surface area contributed by atoms with Gasteiger partial charge in [-0.05, 0) is 23.6 Å². The van der Waals surface area contributed by atoms with Crippen molar-refractivity contribution in [3.05, 3.63) is 52.7 Å². The molecule has 0 bridgehead atoms. The highest BCUT2D eigenvalue weighted by Crippen LogP contribution is 2.12. The first-order valence-corrected chi connectivity index (χ1v) is 7.54. The van der Waals surface area contributed by atoms with Gasteiger partial charge in [0.1, 0.15) is 19.0 Å². The smallest absolute Gasteiger partial charge is 0.306 e. The fraction of sp³-hybridized carbons (Fsp3) is 0.250. The molecule has 1 heterocycles. The average molecular weight is 304 g/mol. The van der Waals surface area contributed by atoms with Gasteiger partial charge in [-0.3, -0.25) is 9.59 Å². The van der Waals surface area contributed by atoms with Crippen LogP contribution in [0.5, 0.6) is 5.75 Å². The first kappa shape index (κ1) is 15.3. The summed E-state index contributed by atoms with van der Waals surface area (Å²) >= 11 is 1.38. The molecule has 0 radical (unpaired) electrons. The highest BCUT2D eigenvalue weighted by molar-refractivity contribution is 7.12. The van der Waals surface area contributed by atoms with Gasteiger partial charge in [0.05, 0.1) is 11.3 Å². The molecule has 0 saturated heterocycles. The molecule has 0 aliphatic rings. The van der Waals surface area contributed by atoms with Crippen molar-refractivity contribution in [2.45, 2.75) is 12.8 Å². The van der Waals surface area contributed by atoms with E-state index < -0.39 is 0 Å². The van der Waals surface area contributed by atoms with Crippen molar-refractivity contribution in [3.63, 3.8) is 0 Å². The van der Waals surface area contributed by atoms with Crippen molar-refractivity contribution in [2.24, 2.45) is 0 Å². The monoisotopic (exact) mass is 304 g/mol. The topological polar surface area (TPSA) is 52.6 Å². The summed E-state index contributed by atoms with van der Waals surface area (Å²) in [6.07, 6.45) is 0.279. The Hall–Kier alpha value is -2.14. The summed E-state index contributed by atoms with van der Waals surface area (Å²) in [7, 11) is 0. The zero-order valence-electron chi connectivity index (χ0n) is 11.5. The van der Waals surface area contributed by atoms with Crippen molar-refractivity contribution in [1.82, 2.24) is 0 Å². The Morgan fingerprint density at radius 3 is 2.48 bits per heavy atom. The Labute approximate surface area is 127 Å². The lowest BCUT2D eigenvalue weighted by Gasteiger charge is -2.07. The average Bonchev–Trinajstić information content (AvgIpc) is 3.05. The largest absolute Gasteiger partial charge is 0.490 e. The second kappa shape index (κ2) is 8.21. The van der Waals surface area contributed by atoms with Gasteiger partial charge in [-0.1, -0.05) is 24.3 Å². The zero-order valence-corrected chi connectivity index (χ0v) is 12.3. The number of hydrogen-bond acceptors (Lipinski definition) is 5. The van der Waals surface area contributed by atoms with Gasteiger partial charge in [0.15, 0.2) is 5.78 Å². The maximum absolute atomic E-state index is 11.7. The van der Waals surface area contributed by atoms with Gasteiger partial charge in [0, 0.05) is 6.42 Å². The number of hydrogen-bond donors (Lipinski definition) is 0. The van der Waals surface area contributed by atoms with Gasteiger partial charge in [-0.25, -0.2) is 0 Å². The van der Waals surface area contributed by atoms with E-state index in [1.54, 1.807) is 6.07 Å². The highest BCUT2D eigenvalue weighted by Gasteiger charge is 2.10. The minimum Gasteiger partial charge on any atom is -0.490 e. The Kier molecular flexibility index (Phi) is 5.97. The van der Waals surface area contributed by atoms with E-state index in [4.69, 9.17) is 9.47 Å². The van der Waals surface area contributed by atoms with Crippen LogP contribution in [-0.4, -0.2) is 25.0 Å². The highest BCUT2D eigenvalue weighted by atomic mass is 32.1. The van der Waals surface area contributed by atoms with Crippen LogP contribution < -0.4 is 4.74 Å². The van der Waals surface area contributed by atoms with Crippen LogP contribution in [0.3, 0.4) is 0 Å². The normalized spacial score (nSPS) is 10.1. The second-order valence-electron chi connectivity index (χ2n) is 4.28. The second-order valence-corrected chi connectivity index (χ2v) is 5.23. The van der Waals surface area contributed by atoms with Crippen LogP contribution in [0, 0.1) is 0 Å². The van der Waals surface area contributed by atoms with Crippen LogP contribution in [0.25, 0.3) is 0 Å². The molecular weight excluding hydrogens is 288 g/mol. The molecule has 0 aliphatic heterocycles. The lowest BCUT2D eigenvalue weighted by molar-refractivity contribution is -0.144. The zero-order chi connectivity index (χ0) is 14.9. The minimum absolute atomic E-state index is 0.0255. The van der Waals surface area contributed by atoms with E-state index in [9.17, 15) is 9.59 Å². The van der Waals surface area contributed by atoms with E-state index in [0.29, 0.717) is 11.5 Å². The lowest BCUT2D eigenvalue weighted by Crippen LogP contribution is -2.13. The van der Waals surface area contributed by atoms with E-state index in [-0.39, 0.29) is 31.2 Å². The maximum Gasteiger partial charge on any atom is 0.306 e. The predicted octanol–water partition coefficient (Wildman–Crippen LogP) is 3.33. The van der Waals surface area contributed by atoms with Crippen LogP contribution >= 0.6 is 11.3 Å². The molecule has 2 rings (SSSR count). The molecule has 21 heavy (non-hydrogen) atoms. The summed E-state index contributed by atoms with van der Waals surface area (Å²) in [6, 6.07) is 12.9. The molecule has 0 amide bonds. The van der Waals surface area contributed by atoms with E-state index in [1.165, 1.54) is 11.3 Å². The molecule has 0 atom stereocenters. The summed E-state index contributed by atoms with van der Waals surface area (Å²) in [5.41, 5.74) is 0. The molecular formula is C16H16O4S. The van der Waals surface area contributed by atoms with Gasteiger partial charge in [0.25, 0.3) is 0 Å². The number of rotatable bonds is 8. The molecule has 0 aliphatic carbocycles. The number of para-hydroxylation sites is 1. The van der Waals surface area contributed by atoms with Crippen molar-refractivity contribution < 1.29 is 19.1 Å². The number of ketones is 1. The minimum atomic E-state index is -0.378. The molecule has 1 aromatic heterocycles. The fourth-order valence-corrected chi connectivity index (χ4v) is 2.37. The lowest BCUT2D eigenvalue weighted by atomic mass is 10.2. The third kappa shape index (κ3) is 5.39. The van der Waals surface area contributed by atoms with Gasteiger partial charge >= 0.3 is 5.97 Å². The first-order chi connectivity index (χ1) is 10.3. The summed E-state index contributed by atoms with van der Waals surface area (Å²) < 4.78 is 10.4. The van der Waals surface area contributed by atoms with Crippen molar-refractivity contribution in [1.29, 1.82) is 0 Å². The third-order valence-corrected chi connectivity index (χ3v) is 3.62. The third-order valence-electron chi connectivity index (χ3n) is 2.71.